The zero-order chi connectivity index (χ0) is 17.6. The fourth-order valence-corrected chi connectivity index (χ4v) is 3.33. The van der Waals surface area contributed by atoms with Crippen molar-refractivity contribution in [1.82, 2.24) is 4.90 Å². The Kier molecular flexibility index (Phi) is 3.71. The van der Waals surface area contributed by atoms with Crippen LogP contribution < -0.4 is 4.74 Å². The van der Waals surface area contributed by atoms with Gasteiger partial charge in [-0.1, -0.05) is 12.1 Å². The maximum Gasteiger partial charge on any atom is 0.290 e. The average molecular weight is 339 g/mol. The van der Waals surface area contributed by atoms with E-state index in [-0.39, 0.29) is 17.8 Å². The number of halogens is 1. The average Bonchev–Trinajstić information content (AvgIpc) is 2.92. The van der Waals surface area contributed by atoms with Gasteiger partial charge in [-0.05, 0) is 43.2 Å². The molecule has 1 amide bonds. The monoisotopic (exact) mass is 339 g/mol. The van der Waals surface area contributed by atoms with Crippen LogP contribution in [0.25, 0.3) is 11.0 Å². The lowest BCUT2D eigenvalue weighted by atomic mass is 9.94. The van der Waals surface area contributed by atoms with Gasteiger partial charge in [-0.25, -0.2) is 4.39 Å². The van der Waals surface area contributed by atoms with Crippen LogP contribution in [0.1, 0.15) is 34.1 Å². The minimum Gasteiger partial charge on any atom is -0.497 e. The largest absolute Gasteiger partial charge is 0.497 e. The number of hydrogen-bond donors (Lipinski definition) is 0. The maximum atomic E-state index is 13.1. The van der Waals surface area contributed by atoms with E-state index in [0.29, 0.717) is 23.6 Å². The SMILES string of the molecule is COc1ccc2c(C)c(C(=O)N3CC[C@H]3c3ccc(F)cc3)oc2c1. The van der Waals surface area contributed by atoms with E-state index in [1.807, 2.05) is 19.1 Å². The molecule has 2 heterocycles. The molecule has 1 atom stereocenters. The summed E-state index contributed by atoms with van der Waals surface area (Å²) in [6, 6.07) is 11.8. The van der Waals surface area contributed by atoms with E-state index in [1.54, 1.807) is 30.2 Å². The number of benzene rings is 2. The number of carbonyl (C=O) groups excluding carboxylic acids is 1. The van der Waals surface area contributed by atoms with Gasteiger partial charge in [0.1, 0.15) is 17.1 Å². The smallest absolute Gasteiger partial charge is 0.290 e. The molecule has 1 saturated heterocycles. The number of amides is 1. The molecule has 1 aliphatic heterocycles. The van der Waals surface area contributed by atoms with Gasteiger partial charge in [0.2, 0.25) is 0 Å². The third-order valence-electron chi connectivity index (χ3n) is 4.87. The molecule has 0 N–H and O–H groups in total. The molecule has 1 fully saturated rings. The molecule has 0 bridgehead atoms. The van der Waals surface area contributed by atoms with Crippen molar-refractivity contribution in [3.8, 4) is 5.75 Å². The quantitative estimate of drug-likeness (QED) is 0.707. The van der Waals surface area contributed by atoms with Crippen LogP contribution in [0.4, 0.5) is 4.39 Å². The summed E-state index contributed by atoms with van der Waals surface area (Å²) in [6.07, 6.45) is 0.866. The summed E-state index contributed by atoms with van der Waals surface area (Å²) in [6.45, 7) is 2.55. The number of likely N-dealkylation sites (tertiary alicyclic amines) is 1. The van der Waals surface area contributed by atoms with Gasteiger partial charge in [0.15, 0.2) is 5.76 Å². The minimum atomic E-state index is -0.275. The summed E-state index contributed by atoms with van der Waals surface area (Å²) in [5.41, 5.74) is 2.41. The van der Waals surface area contributed by atoms with Crippen LogP contribution in [0, 0.1) is 12.7 Å². The van der Waals surface area contributed by atoms with E-state index in [4.69, 9.17) is 9.15 Å². The second-order valence-corrected chi connectivity index (χ2v) is 6.27. The van der Waals surface area contributed by atoms with Crippen molar-refractivity contribution >= 4 is 16.9 Å². The van der Waals surface area contributed by atoms with Gasteiger partial charge in [0, 0.05) is 23.6 Å². The van der Waals surface area contributed by atoms with Crippen molar-refractivity contribution in [1.29, 1.82) is 0 Å². The van der Waals surface area contributed by atoms with Gasteiger partial charge in [-0.15, -0.1) is 0 Å². The van der Waals surface area contributed by atoms with Crippen molar-refractivity contribution in [3.05, 3.63) is 65.2 Å². The lowest BCUT2D eigenvalue weighted by Crippen LogP contribution is -2.45. The molecule has 25 heavy (non-hydrogen) atoms. The van der Waals surface area contributed by atoms with Crippen molar-refractivity contribution < 1.29 is 18.3 Å². The number of aryl methyl sites for hydroxylation is 1. The Labute approximate surface area is 144 Å². The number of fused-ring (bicyclic) bond motifs is 1. The molecule has 0 saturated carbocycles. The van der Waals surface area contributed by atoms with E-state index < -0.39 is 0 Å². The zero-order valence-corrected chi connectivity index (χ0v) is 14.1. The molecule has 0 aliphatic carbocycles. The number of ether oxygens (including phenoxy) is 1. The van der Waals surface area contributed by atoms with Gasteiger partial charge in [0.05, 0.1) is 13.2 Å². The number of furan rings is 1. The first-order valence-electron chi connectivity index (χ1n) is 8.22. The first-order chi connectivity index (χ1) is 12.1. The Morgan fingerprint density at radius 3 is 2.64 bits per heavy atom. The highest BCUT2D eigenvalue weighted by atomic mass is 19.1. The summed E-state index contributed by atoms with van der Waals surface area (Å²) in [5.74, 6) is 0.639. The molecule has 0 radical (unpaired) electrons. The van der Waals surface area contributed by atoms with Gasteiger partial charge in [0.25, 0.3) is 5.91 Å². The molecule has 4 nitrogen and oxygen atoms in total. The molecule has 1 aliphatic rings. The Balaban J connectivity index is 1.65. The number of carbonyl (C=O) groups is 1. The third-order valence-corrected chi connectivity index (χ3v) is 4.87. The predicted molar refractivity (Wildman–Crippen MR) is 92.3 cm³/mol. The number of rotatable bonds is 3. The minimum absolute atomic E-state index is 0.0322. The zero-order valence-electron chi connectivity index (χ0n) is 14.1. The highest BCUT2D eigenvalue weighted by molar-refractivity contribution is 5.99. The molecule has 2 aromatic carbocycles. The lowest BCUT2D eigenvalue weighted by Gasteiger charge is -2.41. The summed E-state index contributed by atoms with van der Waals surface area (Å²) in [5, 5.41) is 0.906. The topological polar surface area (TPSA) is 42.7 Å². The van der Waals surface area contributed by atoms with E-state index >= 15 is 0 Å². The van der Waals surface area contributed by atoms with Crippen LogP contribution in [0.2, 0.25) is 0 Å². The predicted octanol–water partition coefficient (Wildman–Crippen LogP) is 4.48. The van der Waals surface area contributed by atoms with Gasteiger partial charge < -0.3 is 14.1 Å². The first-order valence-corrected chi connectivity index (χ1v) is 8.22. The fraction of sp³-hybridized carbons (Fsp3) is 0.250. The molecule has 0 unspecified atom stereocenters. The number of nitrogens with zero attached hydrogens (tertiary/aromatic N) is 1. The molecule has 0 spiro atoms. The Bertz CT molecular complexity index is 945. The van der Waals surface area contributed by atoms with Crippen LogP contribution in [-0.4, -0.2) is 24.5 Å². The summed E-state index contributed by atoms with van der Waals surface area (Å²) in [7, 11) is 1.59. The van der Waals surface area contributed by atoms with Crippen LogP contribution in [-0.2, 0) is 0 Å². The van der Waals surface area contributed by atoms with E-state index in [1.165, 1.54) is 12.1 Å². The fourth-order valence-electron chi connectivity index (χ4n) is 3.33. The van der Waals surface area contributed by atoms with Crippen LogP contribution >= 0.6 is 0 Å². The molecule has 5 heteroatoms. The Morgan fingerprint density at radius 1 is 1.24 bits per heavy atom. The van der Waals surface area contributed by atoms with Crippen LogP contribution in [0.15, 0.2) is 46.9 Å². The lowest BCUT2D eigenvalue weighted by molar-refractivity contribution is 0.0429. The summed E-state index contributed by atoms with van der Waals surface area (Å²) < 4.78 is 24.2. The van der Waals surface area contributed by atoms with Crippen molar-refractivity contribution in [2.75, 3.05) is 13.7 Å². The van der Waals surface area contributed by atoms with Gasteiger partial charge in [-0.3, -0.25) is 4.79 Å². The molecular weight excluding hydrogens is 321 g/mol. The van der Waals surface area contributed by atoms with Crippen LogP contribution in [0.5, 0.6) is 5.75 Å². The Morgan fingerprint density at radius 2 is 2.00 bits per heavy atom. The maximum absolute atomic E-state index is 13.1. The molecule has 4 rings (SSSR count). The number of methoxy groups -OCH3 is 1. The van der Waals surface area contributed by atoms with Crippen molar-refractivity contribution in [2.45, 2.75) is 19.4 Å². The highest BCUT2D eigenvalue weighted by Crippen LogP contribution is 2.37. The van der Waals surface area contributed by atoms with Crippen LogP contribution in [0.3, 0.4) is 0 Å². The second kappa shape index (κ2) is 5.92. The van der Waals surface area contributed by atoms with Crippen molar-refractivity contribution in [2.24, 2.45) is 0 Å². The first kappa shape index (κ1) is 15.7. The van der Waals surface area contributed by atoms with E-state index in [9.17, 15) is 9.18 Å². The van der Waals surface area contributed by atoms with Gasteiger partial charge in [-0.2, -0.15) is 0 Å². The summed E-state index contributed by atoms with van der Waals surface area (Å²) >= 11 is 0. The van der Waals surface area contributed by atoms with Gasteiger partial charge >= 0.3 is 0 Å². The van der Waals surface area contributed by atoms with E-state index in [0.717, 1.165) is 22.9 Å². The molecule has 128 valence electrons. The van der Waals surface area contributed by atoms with Crippen molar-refractivity contribution in [3.63, 3.8) is 0 Å². The second-order valence-electron chi connectivity index (χ2n) is 6.27. The molecular formula is C20H18FNO3. The third kappa shape index (κ3) is 2.56. The number of hydrogen-bond acceptors (Lipinski definition) is 3. The Hall–Kier alpha value is -2.82. The summed E-state index contributed by atoms with van der Waals surface area (Å²) in [4.78, 5) is 14.7. The molecule has 3 aromatic rings. The normalized spacial score (nSPS) is 16.8. The molecule has 1 aromatic heterocycles. The highest BCUT2D eigenvalue weighted by Gasteiger charge is 2.36. The standard InChI is InChI=1S/C20H18FNO3/c1-12-16-8-7-15(24-2)11-18(16)25-19(12)20(23)22-10-9-17(22)13-3-5-14(21)6-4-13/h3-8,11,17H,9-10H2,1-2H3/t17-/m0/s1. The van der Waals surface area contributed by atoms with E-state index in [2.05, 4.69) is 0 Å².